The van der Waals surface area contributed by atoms with Gasteiger partial charge in [-0.3, -0.25) is 9.59 Å². The van der Waals surface area contributed by atoms with E-state index in [1.807, 2.05) is 32.0 Å². The molecule has 0 radical (unpaired) electrons. The summed E-state index contributed by atoms with van der Waals surface area (Å²) in [5.41, 5.74) is 4.01. The lowest BCUT2D eigenvalue weighted by Crippen LogP contribution is -2.27. The zero-order chi connectivity index (χ0) is 20.8. The molecule has 5 nitrogen and oxygen atoms in total. The number of pyridine rings is 1. The third kappa shape index (κ3) is 5.48. The molecule has 6 heteroatoms. The van der Waals surface area contributed by atoms with Crippen molar-refractivity contribution in [2.24, 2.45) is 0 Å². The van der Waals surface area contributed by atoms with Crippen molar-refractivity contribution in [1.29, 1.82) is 0 Å². The molecule has 0 aliphatic rings. The van der Waals surface area contributed by atoms with Gasteiger partial charge in [0.15, 0.2) is 0 Å². The number of halogens is 1. The van der Waals surface area contributed by atoms with Crippen molar-refractivity contribution in [2.45, 2.75) is 20.3 Å². The van der Waals surface area contributed by atoms with Crippen LogP contribution in [0.5, 0.6) is 0 Å². The third-order valence-electron chi connectivity index (χ3n) is 4.46. The molecular formula is C23H22FN3O2. The number of hydrogen-bond acceptors (Lipinski definition) is 3. The molecule has 148 valence electrons. The Morgan fingerprint density at radius 3 is 2.31 bits per heavy atom. The Kier molecular flexibility index (Phi) is 6.34. The van der Waals surface area contributed by atoms with Gasteiger partial charge in [-0.25, -0.2) is 9.37 Å². The lowest BCUT2D eigenvalue weighted by atomic mass is 10.1. The van der Waals surface area contributed by atoms with Crippen molar-refractivity contribution >= 4 is 17.5 Å². The van der Waals surface area contributed by atoms with E-state index < -0.39 is 0 Å². The zero-order valence-electron chi connectivity index (χ0n) is 16.3. The van der Waals surface area contributed by atoms with Gasteiger partial charge in [-0.1, -0.05) is 35.9 Å². The van der Waals surface area contributed by atoms with Crippen LogP contribution in [-0.4, -0.2) is 23.3 Å². The number of nitrogens with zero attached hydrogens (tertiary/aromatic N) is 1. The van der Waals surface area contributed by atoms with Crippen LogP contribution in [0.2, 0.25) is 0 Å². The molecule has 0 fully saturated rings. The van der Waals surface area contributed by atoms with Crippen LogP contribution < -0.4 is 10.6 Å². The van der Waals surface area contributed by atoms with Crippen LogP contribution in [0.25, 0.3) is 0 Å². The fraction of sp³-hybridized carbons (Fsp3) is 0.174. The van der Waals surface area contributed by atoms with Crippen molar-refractivity contribution in [1.82, 2.24) is 10.3 Å². The van der Waals surface area contributed by atoms with Crippen molar-refractivity contribution < 1.29 is 14.0 Å². The van der Waals surface area contributed by atoms with Crippen LogP contribution >= 0.6 is 0 Å². The van der Waals surface area contributed by atoms with E-state index in [0.717, 1.165) is 16.7 Å². The SMILES string of the molecule is Cc1ccc(NC(=O)c2cccc(C(=O)NCCc3ccc(F)cc3)n2)c(C)c1. The first-order chi connectivity index (χ1) is 13.9. The van der Waals surface area contributed by atoms with E-state index in [1.165, 1.54) is 12.1 Å². The predicted octanol–water partition coefficient (Wildman–Crippen LogP) is 4.06. The minimum Gasteiger partial charge on any atom is -0.350 e. The van der Waals surface area contributed by atoms with Crippen LogP contribution in [0.3, 0.4) is 0 Å². The number of aromatic nitrogens is 1. The minimum atomic E-state index is -0.377. The molecule has 1 heterocycles. The molecular weight excluding hydrogens is 369 g/mol. The van der Waals surface area contributed by atoms with E-state index in [0.29, 0.717) is 18.7 Å². The topological polar surface area (TPSA) is 71.1 Å². The highest BCUT2D eigenvalue weighted by Gasteiger charge is 2.13. The van der Waals surface area contributed by atoms with Gasteiger partial charge in [-0.15, -0.1) is 0 Å². The van der Waals surface area contributed by atoms with E-state index in [2.05, 4.69) is 15.6 Å². The quantitative estimate of drug-likeness (QED) is 0.666. The van der Waals surface area contributed by atoms with E-state index >= 15 is 0 Å². The number of rotatable bonds is 6. The Balaban J connectivity index is 1.61. The maximum atomic E-state index is 12.9. The van der Waals surface area contributed by atoms with E-state index in [4.69, 9.17) is 0 Å². The molecule has 29 heavy (non-hydrogen) atoms. The van der Waals surface area contributed by atoms with Crippen LogP contribution in [0, 0.1) is 19.7 Å². The maximum Gasteiger partial charge on any atom is 0.274 e. The van der Waals surface area contributed by atoms with Crippen LogP contribution in [0.15, 0.2) is 60.7 Å². The zero-order valence-corrected chi connectivity index (χ0v) is 16.3. The maximum absolute atomic E-state index is 12.9. The number of carbonyl (C=O) groups is 2. The Bertz CT molecular complexity index is 1030. The number of aryl methyl sites for hydroxylation is 2. The van der Waals surface area contributed by atoms with Gasteiger partial charge in [-0.2, -0.15) is 0 Å². The van der Waals surface area contributed by atoms with Crippen molar-refractivity contribution in [3.63, 3.8) is 0 Å². The largest absolute Gasteiger partial charge is 0.350 e. The number of hydrogen-bond donors (Lipinski definition) is 2. The second-order valence-corrected chi connectivity index (χ2v) is 6.81. The van der Waals surface area contributed by atoms with Crippen molar-refractivity contribution in [3.05, 3.63) is 94.6 Å². The van der Waals surface area contributed by atoms with Crippen LogP contribution in [0.4, 0.5) is 10.1 Å². The summed E-state index contributed by atoms with van der Waals surface area (Å²) in [5, 5.41) is 5.59. The molecule has 0 bridgehead atoms. The van der Waals surface area contributed by atoms with Gasteiger partial charge < -0.3 is 10.6 Å². The number of amides is 2. The molecule has 2 N–H and O–H groups in total. The summed E-state index contributed by atoms with van der Waals surface area (Å²) >= 11 is 0. The highest BCUT2D eigenvalue weighted by molar-refractivity contribution is 6.04. The molecule has 0 saturated heterocycles. The predicted molar refractivity (Wildman–Crippen MR) is 111 cm³/mol. The summed E-state index contributed by atoms with van der Waals surface area (Å²) in [6, 6.07) is 16.6. The molecule has 0 saturated carbocycles. The van der Waals surface area contributed by atoms with Crippen LogP contribution in [0.1, 0.15) is 37.7 Å². The number of benzene rings is 2. The summed E-state index contributed by atoms with van der Waals surface area (Å²) in [5.74, 6) is -1.04. The van der Waals surface area contributed by atoms with Crippen molar-refractivity contribution in [3.8, 4) is 0 Å². The standard InChI is InChI=1S/C23H22FN3O2/c1-15-6-11-19(16(2)14-15)27-23(29)21-5-3-4-20(26-21)22(28)25-13-12-17-7-9-18(24)10-8-17/h3-11,14H,12-13H2,1-2H3,(H,25,28)(H,27,29). The second kappa shape index (κ2) is 9.10. The number of anilines is 1. The third-order valence-corrected chi connectivity index (χ3v) is 4.46. The number of carbonyl (C=O) groups excluding carboxylic acids is 2. The molecule has 0 aliphatic heterocycles. The Morgan fingerprint density at radius 1 is 0.931 bits per heavy atom. The first-order valence-electron chi connectivity index (χ1n) is 9.30. The Morgan fingerprint density at radius 2 is 1.62 bits per heavy atom. The van der Waals surface area contributed by atoms with E-state index in [1.54, 1.807) is 30.3 Å². The molecule has 0 atom stereocenters. The fourth-order valence-electron chi connectivity index (χ4n) is 2.89. The van der Waals surface area contributed by atoms with Crippen LogP contribution in [-0.2, 0) is 6.42 Å². The lowest BCUT2D eigenvalue weighted by molar-refractivity contribution is 0.0949. The summed E-state index contributed by atoms with van der Waals surface area (Å²) in [7, 11) is 0. The van der Waals surface area contributed by atoms with Gasteiger partial charge in [0.05, 0.1) is 0 Å². The molecule has 2 aromatic carbocycles. The van der Waals surface area contributed by atoms with Gasteiger partial charge in [0.25, 0.3) is 11.8 Å². The first kappa shape index (κ1) is 20.2. The molecule has 3 rings (SSSR count). The smallest absolute Gasteiger partial charge is 0.274 e. The summed E-state index contributed by atoms with van der Waals surface area (Å²) in [6.07, 6.45) is 0.568. The minimum absolute atomic E-state index is 0.163. The number of nitrogens with one attached hydrogen (secondary N) is 2. The van der Waals surface area contributed by atoms with Gasteiger partial charge >= 0.3 is 0 Å². The molecule has 3 aromatic rings. The normalized spacial score (nSPS) is 10.4. The fourth-order valence-corrected chi connectivity index (χ4v) is 2.89. The first-order valence-corrected chi connectivity index (χ1v) is 9.30. The van der Waals surface area contributed by atoms with E-state index in [-0.39, 0.29) is 29.0 Å². The molecule has 2 amide bonds. The molecule has 1 aromatic heterocycles. The van der Waals surface area contributed by atoms with Gasteiger partial charge in [-0.05, 0) is 61.7 Å². The van der Waals surface area contributed by atoms with Gasteiger partial charge in [0.1, 0.15) is 17.2 Å². The summed E-state index contributed by atoms with van der Waals surface area (Å²) in [4.78, 5) is 29.0. The molecule has 0 aliphatic carbocycles. The van der Waals surface area contributed by atoms with Crippen molar-refractivity contribution in [2.75, 3.05) is 11.9 Å². The summed E-state index contributed by atoms with van der Waals surface area (Å²) in [6.45, 7) is 4.28. The summed E-state index contributed by atoms with van der Waals surface area (Å²) < 4.78 is 12.9. The molecule has 0 unspecified atom stereocenters. The van der Waals surface area contributed by atoms with E-state index in [9.17, 15) is 14.0 Å². The average molecular weight is 391 g/mol. The van der Waals surface area contributed by atoms with Gasteiger partial charge in [0.2, 0.25) is 0 Å². The average Bonchev–Trinajstić information content (AvgIpc) is 2.71. The Labute approximate surface area is 169 Å². The Hall–Kier alpha value is -3.54. The highest BCUT2D eigenvalue weighted by atomic mass is 19.1. The van der Waals surface area contributed by atoms with Gasteiger partial charge in [0, 0.05) is 12.2 Å². The lowest BCUT2D eigenvalue weighted by Gasteiger charge is -2.10. The highest BCUT2D eigenvalue weighted by Crippen LogP contribution is 2.17. The molecule has 0 spiro atoms. The monoisotopic (exact) mass is 391 g/mol. The second-order valence-electron chi connectivity index (χ2n) is 6.81.